The van der Waals surface area contributed by atoms with Crippen molar-refractivity contribution in [3.63, 3.8) is 0 Å². The summed E-state index contributed by atoms with van der Waals surface area (Å²) in [6, 6.07) is 49.6. The average molecular weight is 630 g/mol. The van der Waals surface area contributed by atoms with Crippen molar-refractivity contribution in [2.24, 2.45) is 0 Å². The van der Waals surface area contributed by atoms with Gasteiger partial charge in [0.25, 0.3) is 0 Å². The predicted molar refractivity (Wildman–Crippen MR) is 159 cm³/mol. The van der Waals surface area contributed by atoms with Gasteiger partial charge in [0, 0.05) is 27.3 Å². The van der Waals surface area contributed by atoms with Crippen molar-refractivity contribution in [3.8, 4) is 11.5 Å². The molecule has 0 spiro atoms. The molecular weight excluding hydrogens is 605 g/mol. The van der Waals surface area contributed by atoms with Crippen molar-refractivity contribution in [1.29, 1.82) is 0 Å². The van der Waals surface area contributed by atoms with E-state index in [1.807, 2.05) is 48.5 Å². The Morgan fingerprint density at radius 1 is 0.389 bits per heavy atom. The molecule has 5 rings (SSSR count). The summed E-state index contributed by atoms with van der Waals surface area (Å²) in [5.74, 6) is 1.60. The Bertz CT molecular complexity index is 1130. The molecule has 0 aliphatic rings. The standard InChI is InChI=1S/C30H24O2P2.ClH.In.H/c1-5-16-27(17-6-1)33(28-18-7-2-8-19-28)31-25-14-13-15-26(24-25)32-34(29-20-9-3-10-21-29)30-22-11-4-12-23-30;;;/h1-24H;1H;;/q;;+1;/p-1. The summed E-state index contributed by atoms with van der Waals surface area (Å²) in [7, 11) is 2.81. The minimum Gasteiger partial charge on any atom is -0.464 e. The summed E-state index contributed by atoms with van der Waals surface area (Å²) in [6.07, 6.45) is 0. The van der Waals surface area contributed by atoms with Crippen LogP contribution >= 0.6 is 24.9 Å². The molecule has 0 aliphatic carbocycles. The van der Waals surface area contributed by atoms with Crippen LogP contribution < -0.4 is 30.3 Å². The van der Waals surface area contributed by atoms with E-state index in [-0.39, 0.29) is 0 Å². The number of rotatable bonds is 8. The Kier molecular flexibility index (Phi) is 10.8. The molecule has 0 bridgehead atoms. The molecule has 5 aromatic rings. The normalized spacial score (nSPS) is 10.4. The van der Waals surface area contributed by atoms with E-state index in [2.05, 4.69) is 97.1 Å². The zero-order chi connectivity index (χ0) is 25.0. The maximum absolute atomic E-state index is 6.61. The summed E-state index contributed by atoms with van der Waals surface area (Å²) in [5, 5.41) is 4.69. The second-order valence-corrected chi connectivity index (χ2v) is 11.2. The molecule has 0 unspecified atom stereocenters. The summed E-state index contributed by atoms with van der Waals surface area (Å²) < 4.78 is 13.2. The SMILES string of the molecule is [Cl][InH].c1ccc(P(Oc2cccc(OP(c3ccccc3)c3ccccc3)c2)c2ccccc2)cc1. The second-order valence-electron chi connectivity index (χ2n) is 7.59. The van der Waals surface area contributed by atoms with Gasteiger partial charge in [0.05, 0.1) is 0 Å². The van der Waals surface area contributed by atoms with Crippen molar-refractivity contribution in [2.45, 2.75) is 0 Å². The Morgan fingerprint density at radius 2 is 0.667 bits per heavy atom. The average Bonchev–Trinajstić information content (AvgIpc) is 2.98. The first-order valence-electron chi connectivity index (χ1n) is 11.4. The van der Waals surface area contributed by atoms with Crippen LogP contribution in [-0.2, 0) is 0 Å². The van der Waals surface area contributed by atoms with Crippen LogP contribution in [-0.4, -0.2) is 23.2 Å². The Morgan fingerprint density at radius 3 is 0.944 bits per heavy atom. The van der Waals surface area contributed by atoms with E-state index in [1.165, 1.54) is 21.2 Å². The molecule has 0 saturated heterocycles. The van der Waals surface area contributed by atoms with Gasteiger partial charge in [0.2, 0.25) is 0 Å². The molecule has 0 aromatic heterocycles. The van der Waals surface area contributed by atoms with E-state index >= 15 is 0 Å². The van der Waals surface area contributed by atoms with E-state index in [9.17, 15) is 0 Å². The molecule has 0 amide bonds. The third kappa shape index (κ3) is 7.37. The van der Waals surface area contributed by atoms with Crippen molar-refractivity contribution in [1.82, 2.24) is 0 Å². The Balaban J connectivity index is 0.00000148. The minimum absolute atomic E-state index is 0.622. The van der Waals surface area contributed by atoms with Crippen LogP contribution in [0.3, 0.4) is 0 Å². The predicted octanol–water partition coefficient (Wildman–Crippen LogP) is 6.58. The van der Waals surface area contributed by atoms with Crippen LogP contribution in [0.4, 0.5) is 0 Å². The largest absolute Gasteiger partial charge is 0.464 e. The fourth-order valence-corrected chi connectivity index (χ4v) is 7.00. The molecule has 36 heavy (non-hydrogen) atoms. The molecule has 6 heteroatoms. The van der Waals surface area contributed by atoms with Gasteiger partial charge in [-0.1, -0.05) is 127 Å². The first-order chi connectivity index (χ1) is 17.9. The van der Waals surface area contributed by atoms with Gasteiger partial charge < -0.3 is 9.05 Å². The van der Waals surface area contributed by atoms with Gasteiger partial charge in [-0.15, -0.1) is 0 Å². The molecule has 0 N–H and O–H groups in total. The van der Waals surface area contributed by atoms with Gasteiger partial charge >= 0.3 is 31.8 Å². The topological polar surface area (TPSA) is 18.5 Å². The van der Waals surface area contributed by atoms with Crippen LogP contribution in [0.5, 0.6) is 11.5 Å². The van der Waals surface area contributed by atoms with Crippen molar-refractivity contribution in [3.05, 3.63) is 146 Å². The van der Waals surface area contributed by atoms with Crippen LogP contribution in [0.2, 0.25) is 0 Å². The molecule has 0 heterocycles. The van der Waals surface area contributed by atoms with Gasteiger partial charge in [0.1, 0.15) is 11.5 Å². The fourth-order valence-electron chi connectivity index (χ4n) is 3.56. The molecule has 1 radical (unpaired) electrons. The van der Waals surface area contributed by atoms with Crippen LogP contribution in [0.15, 0.2) is 146 Å². The quantitative estimate of drug-likeness (QED) is 0.181. The van der Waals surface area contributed by atoms with Gasteiger partial charge in [-0.2, -0.15) is 0 Å². The Labute approximate surface area is 234 Å². The van der Waals surface area contributed by atoms with Gasteiger partial charge in [0.15, 0.2) is 16.3 Å². The van der Waals surface area contributed by atoms with Gasteiger partial charge in [-0.3, -0.25) is 0 Å². The monoisotopic (exact) mass is 629 g/mol. The van der Waals surface area contributed by atoms with Gasteiger partial charge in [-0.25, -0.2) is 0 Å². The molecule has 2 nitrogen and oxygen atoms in total. The third-order valence-electron chi connectivity index (χ3n) is 5.16. The second kappa shape index (κ2) is 14.5. The smallest absolute Gasteiger partial charge is 0.150 e. The first kappa shape index (κ1) is 26.8. The zero-order valence-corrected chi connectivity index (χ0v) is 26.2. The van der Waals surface area contributed by atoms with Crippen molar-refractivity contribution >= 4 is 69.3 Å². The molecule has 0 atom stereocenters. The molecular formula is C30H25ClInO2P2. The van der Waals surface area contributed by atoms with Gasteiger partial charge in [-0.05, 0) is 12.1 Å². The van der Waals surface area contributed by atoms with Crippen molar-refractivity contribution < 1.29 is 9.05 Å². The first-order valence-corrected chi connectivity index (χ1v) is 19.0. The molecule has 5 aromatic carbocycles. The van der Waals surface area contributed by atoms with Crippen LogP contribution in [0, 0.1) is 0 Å². The number of hydrogen-bond donors (Lipinski definition) is 0. The summed E-state index contributed by atoms with van der Waals surface area (Å²) in [6.45, 7) is 0. The summed E-state index contributed by atoms with van der Waals surface area (Å²) in [5.41, 5.74) is 0. The van der Waals surface area contributed by atoms with Crippen molar-refractivity contribution in [2.75, 3.05) is 0 Å². The number of halogens is 1. The van der Waals surface area contributed by atoms with E-state index in [0.717, 1.165) is 11.5 Å². The molecule has 177 valence electrons. The van der Waals surface area contributed by atoms with E-state index in [1.54, 1.807) is 0 Å². The summed E-state index contributed by atoms with van der Waals surface area (Å²) in [4.78, 5) is 0. The zero-order valence-electron chi connectivity index (χ0n) is 19.7. The number of hydrogen-bond acceptors (Lipinski definition) is 2. The van der Waals surface area contributed by atoms with E-state index in [0.29, 0.717) is 23.2 Å². The van der Waals surface area contributed by atoms with E-state index < -0.39 is 16.3 Å². The maximum Gasteiger partial charge on any atom is 0.150 e. The molecule has 0 aliphatic heterocycles. The Hall–Kier alpha value is -2.28. The molecule has 0 saturated carbocycles. The summed E-state index contributed by atoms with van der Waals surface area (Å²) >= 11 is 0.622. The molecule has 0 fully saturated rings. The maximum atomic E-state index is 6.61. The van der Waals surface area contributed by atoms with Crippen LogP contribution in [0.25, 0.3) is 0 Å². The van der Waals surface area contributed by atoms with Crippen LogP contribution in [0.1, 0.15) is 0 Å². The number of benzene rings is 5. The third-order valence-corrected chi connectivity index (χ3v) is 9.02. The minimum atomic E-state index is -0.998. The van der Waals surface area contributed by atoms with E-state index in [4.69, 9.17) is 17.6 Å². The fraction of sp³-hybridized carbons (Fsp3) is 0.